The summed E-state index contributed by atoms with van der Waals surface area (Å²) in [5.41, 5.74) is 7.80. The number of hydrogen-bond donors (Lipinski definition) is 1. The number of nitrogens with two attached hydrogens (primary N) is 1. The van der Waals surface area contributed by atoms with Gasteiger partial charge in [0.15, 0.2) is 0 Å². The van der Waals surface area contributed by atoms with Gasteiger partial charge in [0, 0.05) is 11.4 Å². The van der Waals surface area contributed by atoms with Crippen molar-refractivity contribution < 1.29 is 9.53 Å². The fraction of sp³-hybridized carbons (Fsp3) is 0.500. The van der Waals surface area contributed by atoms with Crippen LogP contribution in [0.3, 0.4) is 0 Å². The van der Waals surface area contributed by atoms with Crippen molar-refractivity contribution >= 4 is 23.4 Å². The van der Waals surface area contributed by atoms with Crippen LogP contribution >= 0.6 is 11.8 Å². The van der Waals surface area contributed by atoms with Crippen LogP contribution in [0.2, 0.25) is 0 Å². The molecular formula is C14H21NO2S. The lowest BCUT2D eigenvalue weighted by molar-refractivity contribution is 0.0601. The number of carbonyl (C=O) groups excluding carboxylic acids is 1. The summed E-state index contributed by atoms with van der Waals surface area (Å²) in [6, 6.07) is 5.54. The second kappa shape index (κ2) is 7.31. The molecule has 18 heavy (non-hydrogen) atoms. The normalized spacial score (nSPS) is 10.7. The third-order valence-electron chi connectivity index (χ3n) is 2.67. The highest BCUT2D eigenvalue weighted by molar-refractivity contribution is 7.98. The summed E-state index contributed by atoms with van der Waals surface area (Å²) in [4.78, 5) is 11.7. The predicted octanol–water partition coefficient (Wildman–Crippen LogP) is 3.33. The third-order valence-corrected chi connectivity index (χ3v) is 3.71. The molecule has 0 heterocycles. The zero-order valence-electron chi connectivity index (χ0n) is 11.2. The molecule has 0 bridgehead atoms. The van der Waals surface area contributed by atoms with E-state index < -0.39 is 0 Å². The molecule has 0 fully saturated rings. The molecule has 1 aromatic carbocycles. The van der Waals surface area contributed by atoms with Gasteiger partial charge < -0.3 is 10.5 Å². The molecule has 0 aliphatic carbocycles. The van der Waals surface area contributed by atoms with E-state index in [2.05, 4.69) is 13.8 Å². The van der Waals surface area contributed by atoms with Crippen molar-refractivity contribution in [3.63, 3.8) is 0 Å². The maximum absolute atomic E-state index is 11.7. The van der Waals surface area contributed by atoms with Gasteiger partial charge in [-0.1, -0.05) is 26.0 Å². The Hall–Kier alpha value is -1.16. The number of anilines is 1. The lowest BCUT2D eigenvalue weighted by atomic mass is 10.1. The van der Waals surface area contributed by atoms with Crippen molar-refractivity contribution in [1.29, 1.82) is 0 Å². The molecule has 0 aliphatic heterocycles. The van der Waals surface area contributed by atoms with E-state index in [0.717, 1.165) is 17.1 Å². The molecular weight excluding hydrogens is 246 g/mol. The average Bonchev–Trinajstić information content (AvgIpc) is 2.33. The van der Waals surface area contributed by atoms with Gasteiger partial charge in [-0.2, -0.15) is 11.8 Å². The number of ether oxygens (including phenoxy) is 1. The van der Waals surface area contributed by atoms with Crippen molar-refractivity contribution in [2.45, 2.75) is 26.0 Å². The summed E-state index contributed by atoms with van der Waals surface area (Å²) < 4.78 is 4.77. The molecule has 2 N–H and O–H groups in total. The van der Waals surface area contributed by atoms with E-state index >= 15 is 0 Å². The van der Waals surface area contributed by atoms with E-state index in [1.807, 2.05) is 23.9 Å². The topological polar surface area (TPSA) is 52.3 Å². The summed E-state index contributed by atoms with van der Waals surface area (Å²) in [6.45, 7) is 4.42. The minimum Gasteiger partial charge on any atom is -0.465 e. The Kier molecular flexibility index (Phi) is 6.05. The largest absolute Gasteiger partial charge is 0.465 e. The molecule has 0 unspecified atom stereocenters. The molecule has 1 aromatic rings. The molecule has 0 aromatic heterocycles. The molecule has 0 atom stereocenters. The second-order valence-corrected chi connectivity index (χ2v) is 5.71. The Balaban J connectivity index is 2.70. The number of carbonyl (C=O) groups is 1. The Morgan fingerprint density at radius 1 is 1.44 bits per heavy atom. The fourth-order valence-corrected chi connectivity index (χ4v) is 2.84. The Bertz CT molecular complexity index is 405. The summed E-state index contributed by atoms with van der Waals surface area (Å²) in [5, 5.41) is 0. The lowest BCUT2D eigenvalue weighted by Crippen LogP contribution is -2.09. The van der Waals surface area contributed by atoms with Crippen molar-refractivity contribution in [3.05, 3.63) is 29.3 Å². The second-order valence-electron chi connectivity index (χ2n) is 4.61. The summed E-state index contributed by atoms with van der Waals surface area (Å²) >= 11 is 1.82. The number of thioether (sulfide) groups is 1. The van der Waals surface area contributed by atoms with E-state index in [-0.39, 0.29) is 5.97 Å². The van der Waals surface area contributed by atoms with Gasteiger partial charge in [0.25, 0.3) is 0 Å². The van der Waals surface area contributed by atoms with Crippen LogP contribution in [-0.2, 0) is 10.5 Å². The van der Waals surface area contributed by atoms with E-state index in [1.165, 1.54) is 13.5 Å². The smallest absolute Gasteiger partial charge is 0.340 e. The van der Waals surface area contributed by atoms with Crippen molar-refractivity contribution in [2.75, 3.05) is 18.6 Å². The van der Waals surface area contributed by atoms with Crippen molar-refractivity contribution in [2.24, 2.45) is 5.92 Å². The zero-order chi connectivity index (χ0) is 13.5. The molecule has 4 heteroatoms. The zero-order valence-corrected chi connectivity index (χ0v) is 12.0. The Morgan fingerprint density at radius 2 is 2.17 bits per heavy atom. The number of nitrogen functional groups attached to an aromatic ring is 1. The van der Waals surface area contributed by atoms with E-state index in [9.17, 15) is 4.79 Å². The number of benzene rings is 1. The molecule has 0 saturated heterocycles. The summed E-state index contributed by atoms with van der Waals surface area (Å²) in [6.07, 6.45) is 1.18. The predicted molar refractivity (Wildman–Crippen MR) is 77.8 cm³/mol. The van der Waals surface area contributed by atoms with Gasteiger partial charge in [-0.05, 0) is 29.7 Å². The minimum absolute atomic E-state index is 0.354. The van der Waals surface area contributed by atoms with Gasteiger partial charge in [0.05, 0.1) is 12.7 Å². The number of esters is 1. The van der Waals surface area contributed by atoms with E-state index in [0.29, 0.717) is 17.2 Å². The molecule has 0 saturated carbocycles. The van der Waals surface area contributed by atoms with Crippen LogP contribution in [0.25, 0.3) is 0 Å². The summed E-state index contributed by atoms with van der Waals surface area (Å²) in [5.74, 6) is 2.24. The number of rotatable bonds is 6. The van der Waals surface area contributed by atoms with Crippen LogP contribution < -0.4 is 5.73 Å². The molecule has 100 valence electrons. The first-order valence-electron chi connectivity index (χ1n) is 6.09. The van der Waals surface area contributed by atoms with E-state index in [4.69, 9.17) is 10.5 Å². The van der Waals surface area contributed by atoms with Gasteiger partial charge in [-0.15, -0.1) is 0 Å². The highest BCUT2D eigenvalue weighted by Crippen LogP contribution is 2.23. The quantitative estimate of drug-likeness (QED) is 0.488. The molecule has 0 spiro atoms. The van der Waals surface area contributed by atoms with Crippen molar-refractivity contribution in [1.82, 2.24) is 0 Å². The standard InChI is InChI=1S/C14H21NO2S/c1-10(2)7-8-18-9-11-5-4-6-12(15)13(11)14(16)17-3/h4-6,10H,7-9,15H2,1-3H3. The van der Waals surface area contributed by atoms with Crippen LogP contribution in [0.4, 0.5) is 5.69 Å². The van der Waals surface area contributed by atoms with Gasteiger partial charge in [0.2, 0.25) is 0 Å². The van der Waals surface area contributed by atoms with Crippen molar-refractivity contribution in [3.8, 4) is 0 Å². The maximum Gasteiger partial charge on any atom is 0.340 e. The maximum atomic E-state index is 11.7. The Labute approximate surface area is 113 Å². The first kappa shape index (κ1) is 14.9. The minimum atomic E-state index is -0.354. The highest BCUT2D eigenvalue weighted by Gasteiger charge is 2.14. The number of hydrogen-bond acceptors (Lipinski definition) is 4. The van der Waals surface area contributed by atoms with Gasteiger partial charge in [0.1, 0.15) is 0 Å². The highest BCUT2D eigenvalue weighted by atomic mass is 32.2. The molecule has 0 radical (unpaired) electrons. The van der Waals surface area contributed by atoms with Gasteiger partial charge in [-0.3, -0.25) is 0 Å². The van der Waals surface area contributed by atoms with Crippen LogP contribution in [0.15, 0.2) is 18.2 Å². The molecule has 1 rings (SSSR count). The first-order chi connectivity index (χ1) is 8.56. The van der Waals surface area contributed by atoms with Crippen LogP contribution in [0, 0.1) is 5.92 Å². The number of methoxy groups -OCH3 is 1. The fourth-order valence-electron chi connectivity index (χ4n) is 1.59. The van der Waals surface area contributed by atoms with Gasteiger partial charge in [-0.25, -0.2) is 4.79 Å². The Morgan fingerprint density at radius 3 is 2.78 bits per heavy atom. The monoisotopic (exact) mass is 267 g/mol. The van der Waals surface area contributed by atoms with E-state index in [1.54, 1.807) is 6.07 Å². The summed E-state index contributed by atoms with van der Waals surface area (Å²) in [7, 11) is 1.38. The van der Waals surface area contributed by atoms with Gasteiger partial charge >= 0.3 is 5.97 Å². The lowest BCUT2D eigenvalue weighted by Gasteiger charge is -2.10. The van der Waals surface area contributed by atoms with Crippen LogP contribution in [-0.4, -0.2) is 18.8 Å². The average molecular weight is 267 g/mol. The van der Waals surface area contributed by atoms with Crippen LogP contribution in [0.5, 0.6) is 0 Å². The molecule has 3 nitrogen and oxygen atoms in total. The third kappa shape index (κ3) is 4.26. The molecule has 0 aliphatic rings. The first-order valence-corrected chi connectivity index (χ1v) is 7.25. The SMILES string of the molecule is COC(=O)c1c(N)cccc1CSCCC(C)C. The van der Waals surface area contributed by atoms with Crippen LogP contribution in [0.1, 0.15) is 36.2 Å². The molecule has 0 amide bonds.